The van der Waals surface area contributed by atoms with E-state index in [-0.39, 0.29) is 12.5 Å². The Morgan fingerprint density at radius 3 is 2.50 bits per heavy atom. The number of nitrogens with zero attached hydrogens (tertiary/aromatic N) is 1. The van der Waals surface area contributed by atoms with Crippen molar-refractivity contribution in [3.63, 3.8) is 0 Å². The minimum atomic E-state index is -0.235. The molecule has 0 atom stereocenters. The number of carbonyl (C=O) groups excluding carboxylic acids is 1. The number of hydrazone groups is 1. The van der Waals surface area contributed by atoms with Gasteiger partial charge in [0.2, 0.25) is 0 Å². The standard InChI is InChI=1S/C24H25N3O3/c1-3-29-23-15-19(16-25-27-20-9-5-4-6-10-20)12-13-22(23)30-17-24(28)26-21-11-7-8-18(2)14-21/h4-16,27H,3,17H2,1-2H3,(H,26,28). The molecule has 0 bridgehead atoms. The molecule has 0 aromatic heterocycles. The van der Waals surface area contributed by atoms with E-state index in [1.54, 1.807) is 12.3 Å². The van der Waals surface area contributed by atoms with Gasteiger partial charge in [-0.05, 0) is 67.4 Å². The molecule has 0 saturated heterocycles. The third-order valence-corrected chi connectivity index (χ3v) is 4.11. The number of carbonyl (C=O) groups is 1. The van der Waals surface area contributed by atoms with Gasteiger partial charge in [-0.3, -0.25) is 10.2 Å². The number of hydrogen-bond donors (Lipinski definition) is 2. The fourth-order valence-corrected chi connectivity index (χ4v) is 2.75. The number of rotatable bonds is 9. The van der Waals surface area contributed by atoms with Gasteiger partial charge < -0.3 is 14.8 Å². The lowest BCUT2D eigenvalue weighted by Crippen LogP contribution is -2.20. The number of hydrogen-bond acceptors (Lipinski definition) is 5. The number of anilines is 2. The second kappa shape index (κ2) is 10.7. The van der Waals surface area contributed by atoms with Gasteiger partial charge in [-0.25, -0.2) is 0 Å². The average molecular weight is 403 g/mol. The van der Waals surface area contributed by atoms with Crippen LogP contribution in [0.2, 0.25) is 0 Å². The van der Waals surface area contributed by atoms with E-state index in [1.807, 2.05) is 80.6 Å². The smallest absolute Gasteiger partial charge is 0.262 e. The first-order valence-corrected chi connectivity index (χ1v) is 9.74. The molecule has 6 heteroatoms. The zero-order valence-corrected chi connectivity index (χ0v) is 17.1. The molecule has 30 heavy (non-hydrogen) atoms. The van der Waals surface area contributed by atoms with Crippen molar-refractivity contribution in [2.24, 2.45) is 5.10 Å². The molecule has 3 rings (SSSR count). The fraction of sp³-hybridized carbons (Fsp3) is 0.167. The summed E-state index contributed by atoms with van der Waals surface area (Å²) in [5.41, 5.74) is 6.53. The first-order valence-electron chi connectivity index (χ1n) is 9.74. The van der Waals surface area contributed by atoms with Crippen LogP contribution in [0.1, 0.15) is 18.1 Å². The molecule has 0 fully saturated rings. The minimum absolute atomic E-state index is 0.114. The molecule has 0 unspecified atom stereocenters. The van der Waals surface area contributed by atoms with Gasteiger partial charge in [0.05, 0.1) is 18.5 Å². The van der Waals surface area contributed by atoms with Gasteiger partial charge in [-0.1, -0.05) is 30.3 Å². The molecule has 0 heterocycles. The highest BCUT2D eigenvalue weighted by atomic mass is 16.5. The first-order chi connectivity index (χ1) is 14.6. The predicted octanol–water partition coefficient (Wildman–Crippen LogP) is 4.86. The van der Waals surface area contributed by atoms with Crippen molar-refractivity contribution < 1.29 is 14.3 Å². The van der Waals surface area contributed by atoms with E-state index >= 15 is 0 Å². The summed E-state index contributed by atoms with van der Waals surface area (Å²) in [5, 5.41) is 7.06. The van der Waals surface area contributed by atoms with Crippen LogP contribution in [0.5, 0.6) is 11.5 Å². The molecule has 0 aliphatic rings. The Morgan fingerprint density at radius 1 is 0.933 bits per heavy atom. The summed E-state index contributed by atoms with van der Waals surface area (Å²) in [5.74, 6) is 0.828. The highest BCUT2D eigenvalue weighted by molar-refractivity contribution is 5.92. The van der Waals surface area contributed by atoms with E-state index in [4.69, 9.17) is 9.47 Å². The highest BCUT2D eigenvalue weighted by Gasteiger charge is 2.09. The first kappa shape index (κ1) is 20.9. The minimum Gasteiger partial charge on any atom is -0.490 e. The third-order valence-electron chi connectivity index (χ3n) is 4.11. The molecular weight excluding hydrogens is 378 g/mol. The van der Waals surface area contributed by atoms with Crippen molar-refractivity contribution in [3.8, 4) is 11.5 Å². The van der Waals surface area contributed by atoms with Gasteiger partial charge in [-0.2, -0.15) is 5.10 Å². The Kier molecular flexibility index (Phi) is 7.44. The molecule has 0 radical (unpaired) electrons. The number of aryl methyl sites for hydroxylation is 1. The fourth-order valence-electron chi connectivity index (χ4n) is 2.75. The van der Waals surface area contributed by atoms with Gasteiger partial charge in [-0.15, -0.1) is 0 Å². The quantitative estimate of drug-likeness (QED) is 0.395. The van der Waals surface area contributed by atoms with Crippen molar-refractivity contribution in [2.75, 3.05) is 24.0 Å². The summed E-state index contributed by atoms with van der Waals surface area (Å²) < 4.78 is 11.4. The maximum absolute atomic E-state index is 12.2. The van der Waals surface area contributed by atoms with E-state index < -0.39 is 0 Å². The second-order valence-corrected chi connectivity index (χ2v) is 6.58. The van der Waals surface area contributed by atoms with E-state index in [0.717, 1.165) is 22.5 Å². The summed E-state index contributed by atoms with van der Waals surface area (Å²) in [6.07, 6.45) is 1.70. The number of benzene rings is 3. The van der Waals surface area contributed by atoms with Crippen LogP contribution in [0.3, 0.4) is 0 Å². The number of para-hydroxylation sites is 1. The van der Waals surface area contributed by atoms with E-state index in [2.05, 4.69) is 15.8 Å². The molecule has 6 nitrogen and oxygen atoms in total. The lowest BCUT2D eigenvalue weighted by Gasteiger charge is -2.13. The molecular formula is C24H25N3O3. The Morgan fingerprint density at radius 2 is 1.73 bits per heavy atom. The molecule has 154 valence electrons. The maximum atomic E-state index is 12.2. The third kappa shape index (κ3) is 6.38. The van der Waals surface area contributed by atoms with Gasteiger partial charge in [0, 0.05) is 5.69 Å². The number of ether oxygens (including phenoxy) is 2. The van der Waals surface area contributed by atoms with E-state index in [1.165, 1.54) is 0 Å². The SMILES string of the molecule is CCOc1cc(C=NNc2ccccc2)ccc1OCC(=O)Nc1cccc(C)c1. The van der Waals surface area contributed by atoms with Crippen LogP contribution in [0.25, 0.3) is 0 Å². The van der Waals surface area contributed by atoms with Crippen molar-refractivity contribution >= 4 is 23.5 Å². The Balaban J connectivity index is 1.60. The van der Waals surface area contributed by atoms with Gasteiger partial charge in [0.1, 0.15) is 0 Å². The van der Waals surface area contributed by atoms with Gasteiger partial charge >= 0.3 is 0 Å². The van der Waals surface area contributed by atoms with Crippen LogP contribution >= 0.6 is 0 Å². The zero-order chi connectivity index (χ0) is 21.2. The van der Waals surface area contributed by atoms with Gasteiger partial charge in [0.15, 0.2) is 18.1 Å². The van der Waals surface area contributed by atoms with Crippen LogP contribution in [0.4, 0.5) is 11.4 Å². The molecule has 2 N–H and O–H groups in total. The Bertz CT molecular complexity index is 1000. The molecule has 0 aliphatic heterocycles. The predicted molar refractivity (Wildman–Crippen MR) is 121 cm³/mol. The summed E-state index contributed by atoms with van der Waals surface area (Å²) in [6, 6.07) is 22.8. The van der Waals surface area contributed by atoms with Crippen molar-refractivity contribution in [1.82, 2.24) is 0 Å². The van der Waals surface area contributed by atoms with Crippen LogP contribution in [0.15, 0.2) is 77.9 Å². The molecule has 0 saturated carbocycles. The van der Waals surface area contributed by atoms with Gasteiger partial charge in [0.25, 0.3) is 5.91 Å². The largest absolute Gasteiger partial charge is 0.490 e. The second-order valence-electron chi connectivity index (χ2n) is 6.58. The Labute approximate surface area is 176 Å². The summed E-state index contributed by atoms with van der Waals surface area (Å²) >= 11 is 0. The van der Waals surface area contributed by atoms with Crippen LogP contribution in [-0.2, 0) is 4.79 Å². The van der Waals surface area contributed by atoms with Crippen molar-refractivity contribution in [1.29, 1.82) is 0 Å². The topological polar surface area (TPSA) is 71.9 Å². The normalized spacial score (nSPS) is 10.6. The van der Waals surface area contributed by atoms with Crippen LogP contribution in [0, 0.1) is 6.92 Å². The maximum Gasteiger partial charge on any atom is 0.262 e. The van der Waals surface area contributed by atoms with E-state index in [0.29, 0.717) is 18.1 Å². The van der Waals surface area contributed by atoms with Crippen LogP contribution < -0.4 is 20.2 Å². The molecule has 1 amide bonds. The summed E-state index contributed by atoms with van der Waals surface area (Å²) in [6.45, 7) is 4.23. The lowest BCUT2D eigenvalue weighted by atomic mass is 10.2. The monoisotopic (exact) mass is 403 g/mol. The van der Waals surface area contributed by atoms with Crippen LogP contribution in [-0.4, -0.2) is 25.3 Å². The van der Waals surface area contributed by atoms with Crippen molar-refractivity contribution in [2.45, 2.75) is 13.8 Å². The zero-order valence-electron chi connectivity index (χ0n) is 17.1. The van der Waals surface area contributed by atoms with Crippen molar-refractivity contribution in [3.05, 3.63) is 83.9 Å². The molecule has 0 aliphatic carbocycles. The highest BCUT2D eigenvalue weighted by Crippen LogP contribution is 2.28. The number of nitrogens with one attached hydrogen (secondary N) is 2. The average Bonchev–Trinajstić information content (AvgIpc) is 2.74. The Hall–Kier alpha value is -3.80. The van der Waals surface area contributed by atoms with E-state index in [9.17, 15) is 4.79 Å². The summed E-state index contributed by atoms with van der Waals surface area (Å²) in [7, 11) is 0. The molecule has 3 aromatic rings. The lowest BCUT2D eigenvalue weighted by molar-refractivity contribution is -0.118. The molecule has 3 aromatic carbocycles. The molecule has 0 spiro atoms. The summed E-state index contributed by atoms with van der Waals surface area (Å²) in [4.78, 5) is 12.2. The number of amides is 1.